The molecule has 1 heterocycles. The Morgan fingerprint density at radius 2 is 2.05 bits per heavy atom. The second-order valence-electron chi connectivity index (χ2n) is 5.51. The Bertz CT molecular complexity index is 657. The number of likely N-dealkylation sites (N-methyl/N-ethyl adjacent to an activating group) is 1. The molecule has 0 spiro atoms. The Labute approximate surface area is 124 Å². The molecule has 116 valence electrons. The van der Waals surface area contributed by atoms with Gasteiger partial charge >= 0.3 is 5.69 Å². The van der Waals surface area contributed by atoms with Crippen LogP contribution in [0, 0.1) is 10.1 Å². The smallest absolute Gasteiger partial charge is 0.311 e. The summed E-state index contributed by atoms with van der Waals surface area (Å²) in [7, 11) is 0.296. The van der Waals surface area contributed by atoms with E-state index in [0.717, 1.165) is 12.7 Å². The average molecular weight is 313 g/mol. The van der Waals surface area contributed by atoms with Crippen LogP contribution in [0.1, 0.15) is 6.42 Å². The first-order valence-electron chi connectivity index (χ1n) is 6.60. The first-order valence-corrected chi connectivity index (χ1v) is 8.50. The van der Waals surface area contributed by atoms with Gasteiger partial charge in [-0.25, -0.2) is 8.42 Å². The number of nitro groups is 1. The normalized spacial score (nSPS) is 19.2. The van der Waals surface area contributed by atoms with Crippen molar-refractivity contribution in [1.82, 2.24) is 4.90 Å². The molecule has 1 aliphatic heterocycles. The highest BCUT2D eigenvalue weighted by atomic mass is 32.2. The third-order valence-electron chi connectivity index (χ3n) is 3.79. The lowest BCUT2D eigenvalue weighted by Gasteiger charge is -2.22. The van der Waals surface area contributed by atoms with Crippen LogP contribution in [0.2, 0.25) is 0 Å². The van der Waals surface area contributed by atoms with Gasteiger partial charge in [0.15, 0.2) is 9.84 Å². The molecular weight excluding hydrogens is 294 g/mol. The van der Waals surface area contributed by atoms with E-state index in [1.165, 1.54) is 6.07 Å². The van der Waals surface area contributed by atoms with Crippen molar-refractivity contribution in [3.8, 4) is 0 Å². The lowest BCUT2D eigenvalue weighted by atomic mass is 10.2. The van der Waals surface area contributed by atoms with Crippen LogP contribution in [-0.4, -0.2) is 57.7 Å². The Balaban J connectivity index is 2.48. The minimum atomic E-state index is -3.64. The fourth-order valence-corrected chi connectivity index (χ4v) is 3.49. The highest BCUT2D eigenvalue weighted by Gasteiger charge is 2.32. The lowest BCUT2D eigenvalue weighted by Crippen LogP contribution is -2.31. The maximum absolute atomic E-state index is 11.8. The summed E-state index contributed by atoms with van der Waals surface area (Å²) in [6.45, 7) is 1.33. The van der Waals surface area contributed by atoms with Gasteiger partial charge in [-0.2, -0.15) is 0 Å². The molecule has 0 saturated carbocycles. The summed E-state index contributed by atoms with van der Waals surface area (Å²) in [6.07, 6.45) is 1.89. The Hall–Kier alpha value is -1.67. The summed E-state index contributed by atoms with van der Waals surface area (Å²) in [5.41, 5.74) is 0.0617. The summed E-state index contributed by atoms with van der Waals surface area (Å²) in [4.78, 5) is 14.5. The Kier molecular flexibility index (Phi) is 4.20. The molecule has 0 bridgehead atoms. The fraction of sp³-hybridized carbons (Fsp3) is 0.538. The van der Waals surface area contributed by atoms with Crippen LogP contribution in [0.5, 0.6) is 0 Å². The predicted molar refractivity (Wildman–Crippen MR) is 80.5 cm³/mol. The van der Waals surface area contributed by atoms with E-state index < -0.39 is 14.8 Å². The third-order valence-corrected chi connectivity index (χ3v) is 4.92. The zero-order chi connectivity index (χ0) is 15.8. The van der Waals surface area contributed by atoms with Gasteiger partial charge in [-0.3, -0.25) is 10.1 Å². The van der Waals surface area contributed by atoms with Gasteiger partial charge in [0.25, 0.3) is 0 Å². The molecule has 1 saturated heterocycles. The highest BCUT2D eigenvalue weighted by molar-refractivity contribution is 7.90. The van der Waals surface area contributed by atoms with Crippen molar-refractivity contribution in [2.75, 3.05) is 38.3 Å². The van der Waals surface area contributed by atoms with Crippen molar-refractivity contribution >= 4 is 21.2 Å². The van der Waals surface area contributed by atoms with Crippen molar-refractivity contribution in [1.29, 1.82) is 0 Å². The Morgan fingerprint density at radius 3 is 2.52 bits per heavy atom. The summed E-state index contributed by atoms with van der Waals surface area (Å²) in [6, 6.07) is 4.77. The molecule has 21 heavy (non-hydrogen) atoms. The van der Waals surface area contributed by atoms with Gasteiger partial charge in [0.2, 0.25) is 0 Å². The zero-order valence-corrected chi connectivity index (χ0v) is 13.1. The first kappa shape index (κ1) is 15.7. The molecule has 2 rings (SSSR count). The van der Waals surface area contributed by atoms with Crippen LogP contribution in [0.15, 0.2) is 23.1 Å². The topological polar surface area (TPSA) is 83.8 Å². The van der Waals surface area contributed by atoms with Crippen molar-refractivity contribution < 1.29 is 13.3 Å². The van der Waals surface area contributed by atoms with Gasteiger partial charge < -0.3 is 9.80 Å². The largest absolute Gasteiger partial charge is 0.364 e. The lowest BCUT2D eigenvalue weighted by molar-refractivity contribution is -0.387. The number of sulfone groups is 1. The van der Waals surface area contributed by atoms with Crippen molar-refractivity contribution in [2.24, 2.45) is 0 Å². The van der Waals surface area contributed by atoms with E-state index in [2.05, 4.69) is 4.90 Å². The SMILES string of the molecule is CN(C)C1CCN(c2cccc(S(C)(=O)=O)c2[N+](=O)[O-])C1. The van der Waals surface area contributed by atoms with Crippen LogP contribution in [0.4, 0.5) is 11.4 Å². The maximum Gasteiger partial charge on any atom is 0.311 e. The minimum Gasteiger partial charge on any atom is -0.364 e. The molecule has 0 aromatic heterocycles. The van der Waals surface area contributed by atoms with Crippen molar-refractivity contribution in [3.05, 3.63) is 28.3 Å². The van der Waals surface area contributed by atoms with Crippen LogP contribution in [0.25, 0.3) is 0 Å². The van der Waals surface area contributed by atoms with Gasteiger partial charge in [-0.1, -0.05) is 6.07 Å². The van der Waals surface area contributed by atoms with E-state index in [0.29, 0.717) is 24.8 Å². The van der Waals surface area contributed by atoms with Gasteiger partial charge in [-0.05, 0) is 32.6 Å². The van der Waals surface area contributed by atoms with Crippen molar-refractivity contribution in [2.45, 2.75) is 17.4 Å². The first-order chi connectivity index (χ1) is 9.71. The van der Waals surface area contributed by atoms with E-state index in [1.807, 2.05) is 19.0 Å². The van der Waals surface area contributed by atoms with Crippen molar-refractivity contribution in [3.63, 3.8) is 0 Å². The second kappa shape index (κ2) is 5.61. The van der Waals surface area contributed by atoms with E-state index in [1.54, 1.807) is 12.1 Å². The van der Waals surface area contributed by atoms with E-state index in [4.69, 9.17) is 0 Å². The third kappa shape index (κ3) is 3.16. The number of benzene rings is 1. The molecule has 0 amide bonds. The van der Waals surface area contributed by atoms with Crippen LogP contribution >= 0.6 is 0 Å². The van der Waals surface area contributed by atoms with E-state index >= 15 is 0 Å². The van der Waals surface area contributed by atoms with Gasteiger partial charge in [0.05, 0.1) is 4.92 Å². The number of para-hydroxylation sites is 1. The molecular formula is C13H19N3O4S. The molecule has 0 radical (unpaired) electrons. The number of hydrogen-bond acceptors (Lipinski definition) is 6. The molecule has 1 aromatic carbocycles. The summed E-state index contributed by atoms with van der Waals surface area (Å²) >= 11 is 0. The predicted octanol–water partition coefficient (Wildman–Crippen LogP) is 1.14. The summed E-state index contributed by atoms with van der Waals surface area (Å²) in [5, 5.41) is 11.4. The molecule has 7 nitrogen and oxygen atoms in total. The Morgan fingerprint density at radius 1 is 1.38 bits per heavy atom. The molecule has 1 unspecified atom stereocenters. The summed E-state index contributed by atoms with van der Waals surface area (Å²) in [5.74, 6) is 0. The fourth-order valence-electron chi connectivity index (χ4n) is 2.63. The molecule has 1 fully saturated rings. The molecule has 1 aliphatic rings. The molecule has 0 aliphatic carbocycles. The number of rotatable bonds is 4. The molecule has 8 heteroatoms. The highest BCUT2D eigenvalue weighted by Crippen LogP contribution is 2.36. The van der Waals surface area contributed by atoms with Crippen LogP contribution < -0.4 is 4.90 Å². The quantitative estimate of drug-likeness (QED) is 0.612. The standard InChI is InChI=1S/C13H19N3O4S/c1-14(2)10-7-8-15(9-10)11-5-4-6-12(21(3,19)20)13(11)16(17)18/h4-6,10H,7-9H2,1-3H3. The molecule has 1 aromatic rings. The van der Waals surface area contributed by atoms with Crippen LogP contribution in [0.3, 0.4) is 0 Å². The average Bonchev–Trinajstić information content (AvgIpc) is 2.86. The number of hydrogen-bond donors (Lipinski definition) is 0. The van der Waals surface area contributed by atoms with Gasteiger partial charge in [0.1, 0.15) is 10.6 Å². The molecule has 0 N–H and O–H groups in total. The zero-order valence-electron chi connectivity index (χ0n) is 12.3. The molecule has 1 atom stereocenters. The monoisotopic (exact) mass is 313 g/mol. The maximum atomic E-state index is 11.8. The van der Waals surface area contributed by atoms with Gasteiger partial charge in [-0.15, -0.1) is 0 Å². The minimum absolute atomic E-state index is 0.224. The number of nitro benzene ring substituents is 1. The summed E-state index contributed by atoms with van der Waals surface area (Å²) < 4.78 is 23.5. The van der Waals surface area contributed by atoms with E-state index in [-0.39, 0.29) is 10.6 Å². The second-order valence-corrected chi connectivity index (χ2v) is 7.49. The number of nitrogens with zero attached hydrogens (tertiary/aromatic N) is 3. The van der Waals surface area contributed by atoms with Gasteiger partial charge in [0, 0.05) is 25.4 Å². The van der Waals surface area contributed by atoms with Crippen LogP contribution in [-0.2, 0) is 9.84 Å². The van der Waals surface area contributed by atoms with E-state index in [9.17, 15) is 18.5 Å². The number of anilines is 1.